The van der Waals surface area contributed by atoms with Gasteiger partial charge in [-0.25, -0.2) is 8.78 Å². The molecular formula is C20H23F2N. The molecule has 0 N–H and O–H groups in total. The van der Waals surface area contributed by atoms with E-state index in [1.54, 1.807) is 19.1 Å². The van der Waals surface area contributed by atoms with Crippen molar-refractivity contribution < 1.29 is 8.78 Å². The fourth-order valence-corrected chi connectivity index (χ4v) is 2.01. The van der Waals surface area contributed by atoms with Gasteiger partial charge in [-0.15, -0.1) is 0 Å². The lowest BCUT2D eigenvalue weighted by Crippen LogP contribution is -1.90. The van der Waals surface area contributed by atoms with Gasteiger partial charge in [0.05, 0.1) is 5.56 Å². The molecule has 0 saturated heterocycles. The Hall–Kier alpha value is -2.21. The molecule has 23 heavy (non-hydrogen) atoms. The zero-order valence-electron chi connectivity index (χ0n) is 14.3. The van der Waals surface area contributed by atoms with Crippen LogP contribution in [0.5, 0.6) is 0 Å². The Morgan fingerprint density at radius 1 is 0.826 bits per heavy atom. The lowest BCUT2D eigenvalue weighted by Gasteiger charge is -2.05. The number of nitrogens with zero attached hydrogens (tertiary/aromatic N) is 1. The number of hydrogen-bond donors (Lipinski definition) is 0. The fourth-order valence-electron chi connectivity index (χ4n) is 2.01. The van der Waals surface area contributed by atoms with Crippen molar-refractivity contribution in [3.63, 3.8) is 0 Å². The molecule has 0 heterocycles. The van der Waals surface area contributed by atoms with Crippen LogP contribution >= 0.6 is 0 Å². The Balaban J connectivity index is 0.000000231. The van der Waals surface area contributed by atoms with Crippen molar-refractivity contribution in [1.29, 1.82) is 5.26 Å². The average molecular weight is 315 g/mol. The molecule has 0 atom stereocenters. The zero-order chi connectivity index (χ0) is 17.6. The highest BCUT2D eigenvalue weighted by atomic mass is 19.1. The number of rotatable bonds is 2. The Morgan fingerprint density at radius 2 is 1.35 bits per heavy atom. The molecular weight excluding hydrogens is 292 g/mol. The molecule has 2 aromatic carbocycles. The minimum atomic E-state index is -0.427. The molecule has 0 spiro atoms. The van der Waals surface area contributed by atoms with E-state index >= 15 is 0 Å². The molecule has 122 valence electrons. The van der Waals surface area contributed by atoms with E-state index < -0.39 is 5.82 Å². The quantitative estimate of drug-likeness (QED) is 0.659. The number of aryl methyl sites for hydroxylation is 1. The molecule has 0 saturated carbocycles. The van der Waals surface area contributed by atoms with Gasteiger partial charge in [0.2, 0.25) is 0 Å². The van der Waals surface area contributed by atoms with Crippen molar-refractivity contribution in [3.8, 4) is 6.07 Å². The molecule has 3 heteroatoms. The van der Waals surface area contributed by atoms with Crippen molar-refractivity contribution >= 4 is 0 Å². The van der Waals surface area contributed by atoms with Crippen molar-refractivity contribution in [3.05, 3.63) is 70.3 Å². The lowest BCUT2D eigenvalue weighted by atomic mass is 10.0. The van der Waals surface area contributed by atoms with E-state index in [9.17, 15) is 8.78 Å². The molecule has 2 aromatic rings. The van der Waals surface area contributed by atoms with Gasteiger partial charge in [0.15, 0.2) is 0 Å². The standard InChI is InChI=1S/C10H10FN.C10H13F/c1-7(2)8-3-4-9(6-12)10(11)5-8;1-7(2)9-4-5-10(11)8(3)6-9/h3-5,7H,1-2H3;4-7H,1-3H3. The minimum absolute atomic E-state index is 0.111. The zero-order valence-corrected chi connectivity index (χ0v) is 14.3. The van der Waals surface area contributed by atoms with Crippen LogP contribution in [0, 0.1) is 29.9 Å². The van der Waals surface area contributed by atoms with Crippen LogP contribution < -0.4 is 0 Å². The molecule has 1 nitrogen and oxygen atoms in total. The van der Waals surface area contributed by atoms with E-state index in [1.807, 2.05) is 26.0 Å². The van der Waals surface area contributed by atoms with Gasteiger partial charge in [0.1, 0.15) is 17.7 Å². The summed E-state index contributed by atoms with van der Waals surface area (Å²) < 4.78 is 25.8. The molecule has 0 aromatic heterocycles. The van der Waals surface area contributed by atoms with Crippen LogP contribution in [0.15, 0.2) is 36.4 Å². The fraction of sp³-hybridized carbons (Fsp3) is 0.350. The van der Waals surface area contributed by atoms with E-state index in [4.69, 9.17) is 5.26 Å². The summed E-state index contributed by atoms with van der Waals surface area (Å²) in [5.41, 5.74) is 2.96. The Labute approximate surface area is 137 Å². The molecule has 0 aliphatic rings. The van der Waals surface area contributed by atoms with Crippen LogP contribution in [0.2, 0.25) is 0 Å². The van der Waals surface area contributed by atoms with E-state index in [0.29, 0.717) is 11.8 Å². The first-order valence-electron chi connectivity index (χ1n) is 7.71. The number of nitriles is 1. The van der Waals surface area contributed by atoms with Crippen LogP contribution in [0.4, 0.5) is 8.78 Å². The third kappa shape index (κ3) is 5.49. The van der Waals surface area contributed by atoms with Crippen molar-refractivity contribution in [2.75, 3.05) is 0 Å². The summed E-state index contributed by atoms with van der Waals surface area (Å²) in [5.74, 6) is 0.236. The molecule has 0 unspecified atom stereocenters. The minimum Gasteiger partial charge on any atom is -0.207 e. The molecule has 0 radical (unpaired) electrons. The molecule has 0 bridgehead atoms. The van der Waals surface area contributed by atoms with Gasteiger partial charge in [0.25, 0.3) is 0 Å². The first-order chi connectivity index (χ1) is 10.8. The van der Waals surface area contributed by atoms with Gasteiger partial charge in [-0.1, -0.05) is 45.9 Å². The second-order valence-corrected chi connectivity index (χ2v) is 6.17. The first-order valence-corrected chi connectivity index (χ1v) is 7.71. The third-order valence-electron chi connectivity index (χ3n) is 3.63. The highest BCUT2D eigenvalue weighted by Crippen LogP contribution is 2.18. The maximum absolute atomic E-state index is 13.0. The van der Waals surface area contributed by atoms with E-state index in [0.717, 1.165) is 11.1 Å². The molecule has 0 fully saturated rings. The maximum Gasteiger partial charge on any atom is 0.141 e. The van der Waals surface area contributed by atoms with Gasteiger partial charge >= 0.3 is 0 Å². The Kier molecular flexibility index (Phi) is 6.90. The van der Waals surface area contributed by atoms with Crippen LogP contribution in [0.3, 0.4) is 0 Å². The van der Waals surface area contributed by atoms with Gasteiger partial charge < -0.3 is 0 Å². The first kappa shape index (κ1) is 18.8. The average Bonchev–Trinajstić information content (AvgIpc) is 2.50. The second-order valence-electron chi connectivity index (χ2n) is 6.17. The van der Waals surface area contributed by atoms with E-state index in [2.05, 4.69) is 13.8 Å². The highest BCUT2D eigenvalue weighted by Gasteiger charge is 2.04. The van der Waals surface area contributed by atoms with Crippen molar-refractivity contribution in [1.82, 2.24) is 0 Å². The Bertz CT molecular complexity index is 697. The van der Waals surface area contributed by atoms with Crippen LogP contribution in [-0.2, 0) is 0 Å². The summed E-state index contributed by atoms with van der Waals surface area (Å²) in [4.78, 5) is 0. The third-order valence-corrected chi connectivity index (χ3v) is 3.63. The van der Waals surface area contributed by atoms with Crippen LogP contribution in [0.1, 0.15) is 61.8 Å². The second kappa shape index (κ2) is 8.43. The van der Waals surface area contributed by atoms with Crippen molar-refractivity contribution in [2.24, 2.45) is 0 Å². The van der Waals surface area contributed by atoms with Gasteiger partial charge in [-0.3, -0.25) is 0 Å². The lowest BCUT2D eigenvalue weighted by molar-refractivity contribution is 0.616. The van der Waals surface area contributed by atoms with Gasteiger partial charge in [-0.2, -0.15) is 5.26 Å². The smallest absolute Gasteiger partial charge is 0.141 e. The predicted molar refractivity (Wildman–Crippen MR) is 90.4 cm³/mol. The van der Waals surface area contributed by atoms with Crippen LogP contribution in [-0.4, -0.2) is 0 Å². The number of hydrogen-bond acceptors (Lipinski definition) is 1. The summed E-state index contributed by atoms with van der Waals surface area (Å²) in [5, 5.41) is 8.46. The Morgan fingerprint density at radius 3 is 1.78 bits per heavy atom. The summed E-state index contributed by atoms with van der Waals surface area (Å²) in [6.45, 7) is 9.97. The number of benzene rings is 2. The summed E-state index contributed by atoms with van der Waals surface area (Å²) >= 11 is 0. The normalized spacial score (nSPS) is 10.3. The summed E-state index contributed by atoms with van der Waals surface area (Å²) in [6, 6.07) is 11.8. The molecule has 0 aliphatic carbocycles. The van der Waals surface area contributed by atoms with Gasteiger partial charge in [-0.05, 0) is 53.6 Å². The molecule has 2 rings (SSSR count). The topological polar surface area (TPSA) is 23.8 Å². The van der Waals surface area contributed by atoms with E-state index in [-0.39, 0.29) is 11.4 Å². The monoisotopic (exact) mass is 315 g/mol. The van der Waals surface area contributed by atoms with Crippen LogP contribution in [0.25, 0.3) is 0 Å². The number of halogens is 2. The van der Waals surface area contributed by atoms with Crippen molar-refractivity contribution in [2.45, 2.75) is 46.5 Å². The highest BCUT2D eigenvalue weighted by molar-refractivity contribution is 5.34. The predicted octanol–water partition coefficient (Wildman–Crippen LogP) is 6.08. The molecule has 0 aliphatic heterocycles. The maximum atomic E-state index is 13.0. The summed E-state index contributed by atoms with van der Waals surface area (Å²) in [7, 11) is 0. The molecule has 0 amide bonds. The van der Waals surface area contributed by atoms with E-state index in [1.165, 1.54) is 23.8 Å². The van der Waals surface area contributed by atoms with Gasteiger partial charge in [0, 0.05) is 0 Å². The largest absolute Gasteiger partial charge is 0.207 e. The summed E-state index contributed by atoms with van der Waals surface area (Å²) in [6.07, 6.45) is 0. The SMILES string of the molecule is CC(C)c1ccc(C#N)c(F)c1.Cc1cc(C(C)C)ccc1F.